The maximum Gasteiger partial charge on any atom is 0.247 e. The molecule has 1 aliphatic heterocycles. The minimum Gasteiger partial charge on any atom is -0.490 e. The van der Waals surface area contributed by atoms with Gasteiger partial charge >= 0.3 is 0 Å². The van der Waals surface area contributed by atoms with Crippen molar-refractivity contribution in [3.8, 4) is 5.75 Å². The van der Waals surface area contributed by atoms with Crippen molar-refractivity contribution >= 4 is 15.7 Å². The van der Waals surface area contributed by atoms with Crippen molar-refractivity contribution in [2.75, 3.05) is 11.9 Å². The van der Waals surface area contributed by atoms with Crippen molar-refractivity contribution in [3.63, 3.8) is 0 Å². The molecule has 0 spiro atoms. The Labute approximate surface area is 171 Å². The summed E-state index contributed by atoms with van der Waals surface area (Å²) < 4.78 is 34.1. The van der Waals surface area contributed by atoms with Gasteiger partial charge in [-0.1, -0.05) is 67.3 Å². The average Bonchev–Trinajstić information content (AvgIpc) is 2.75. The molecular weight excluding hydrogens is 384 g/mol. The van der Waals surface area contributed by atoms with E-state index >= 15 is 0 Å². The summed E-state index contributed by atoms with van der Waals surface area (Å²) in [7, 11) is -3.69. The minimum atomic E-state index is -3.69. The molecule has 0 radical (unpaired) electrons. The third-order valence-corrected chi connectivity index (χ3v) is 6.65. The van der Waals surface area contributed by atoms with Gasteiger partial charge in [0, 0.05) is 6.54 Å². The summed E-state index contributed by atoms with van der Waals surface area (Å²) in [5, 5.41) is 3.39. The second-order valence-corrected chi connectivity index (χ2v) is 8.61. The predicted molar refractivity (Wildman–Crippen MR) is 114 cm³/mol. The zero-order valence-corrected chi connectivity index (χ0v) is 16.7. The van der Waals surface area contributed by atoms with Gasteiger partial charge in [-0.25, -0.2) is 8.42 Å². The highest BCUT2D eigenvalue weighted by atomic mass is 32.2. The fraction of sp³-hybridized carbons (Fsp3) is 0.130. The number of fused-ring (bicyclic) bond motifs is 1. The number of hydrogen-bond donors (Lipinski definition) is 1. The van der Waals surface area contributed by atoms with E-state index < -0.39 is 16.2 Å². The normalized spacial score (nSPS) is 17.7. The molecule has 0 fully saturated rings. The van der Waals surface area contributed by atoms with Crippen LogP contribution in [-0.4, -0.2) is 19.3 Å². The number of nitrogens with one attached hydrogen (secondary N) is 1. The third kappa shape index (κ3) is 3.90. The van der Waals surface area contributed by atoms with Crippen LogP contribution in [0.2, 0.25) is 0 Å². The van der Waals surface area contributed by atoms with Gasteiger partial charge in [-0.05, 0) is 35.4 Å². The van der Waals surface area contributed by atoms with Gasteiger partial charge < -0.3 is 10.1 Å². The molecule has 0 aromatic heterocycles. The molecule has 1 atom stereocenters. The maximum absolute atomic E-state index is 13.5. The SMILES string of the molecule is C=CCOc1cccc([C@H]2Nc3ccccc3S(=O)(=O)N2Cc2ccccc2)c1. The van der Waals surface area contributed by atoms with E-state index in [0.29, 0.717) is 18.0 Å². The van der Waals surface area contributed by atoms with Gasteiger partial charge in [0.1, 0.15) is 23.4 Å². The highest BCUT2D eigenvalue weighted by Crippen LogP contribution is 2.39. The molecule has 148 valence electrons. The number of nitrogens with zero attached hydrogens (tertiary/aromatic N) is 1. The van der Waals surface area contributed by atoms with Gasteiger partial charge in [0.2, 0.25) is 10.0 Å². The lowest BCUT2D eigenvalue weighted by atomic mass is 10.1. The lowest BCUT2D eigenvalue weighted by Crippen LogP contribution is -2.42. The largest absolute Gasteiger partial charge is 0.490 e. The molecule has 0 saturated heterocycles. The molecule has 5 nitrogen and oxygen atoms in total. The number of ether oxygens (including phenoxy) is 1. The summed E-state index contributed by atoms with van der Waals surface area (Å²) >= 11 is 0. The second kappa shape index (κ2) is 8.11. The molecule has 1 heterocycles. The van der Waals surface area contributed by atoms with Crippen LogP contribution in [0.5, 0.6) is 5.75 Å². The average molecular weight is 407 g/mol. The van der Waals surface area contributed by atoms with Gasteiger partial charge in [0.05, 0.1) is 5.69 Å². The minimum absolute atomic E-state index is 0.257. The number of hydrogen-bond acceptors (Lipinski definition) is 4. The van der Waals surface area contributed by atoms with Crippen LogP contribution in [0.3, 0.4) is 0 Å². The number of para-hydroxylation sites is 1. The van der Waals surface area contributed by atoms with Crippen molar-refractivity contribution in [2.24, 2.45) is 0 Å². The molecule has 3 aromatic rings. The van der Waals surface area contributed by atoms with Crippen LogP contribution in [0.4, 0.5) is 5.69 Å². The van der Waals surface area contributed by atoms with E-state index in [1.807, 2.05) is 60.7 Å². The molecule has 1 N–H and O–H groups in total. The van der Waals surface area contributed by atoms with E-state index in [9.17, 15) is 8.42 Å². The first-order valence-electron chi connectivity index (χ1n) is 9.34. The Morgan fingerprint density at radius 1 is 1.00 bits per heavy atom. The van der Waals surface area contributed by atoms with Crippen molar-refractivity contribution in [1.29, 1.82) is 0 Å². The lowest BCUT2D eigenvalue weighted by molar-refractivity contribution is 0.332. The Kier molecular flexibility index (Phi) is 5.38. The molecule has 0 saturated carbocycles. The van der Waals surface area contributed by atoms with Crippen LogP contribution in [-0.2, 0) is 16.6 Å². The Hall–Kier alpha value is -3.09. The number of anilines is 1. The van der Waals surface area contributed by atoms with E-state index in [1.165, 1.54) is 4.31 Å². The first-order valence-corrected chi connectivity index (χ1v) is 10.8. The zero-order chi connectivity index (χ0) is 20.3. The van der Waals surface area contributed by atoms with E-state index in [-0.39, 0.29) is 11.4 Å². The van der Waals surface area contributed by atoms with Crippen molar-refractivity contribution in [2.45, 2.75) is 17.6 Å². The fourth-order valence-electron chi connectivity index (χ4n) is 3.41. The van der Waals surface area contributed by atoms with Crippen LogP contribution in [0.15, 0.2) is 96.4 Å². The predicted octanol–water partition coefficient (Wildman–Crippen LogP) is 4.57. The molecule has 4 rings (SSSR count). The fourth-order valence-corrected chi connectivity index (χ4v) is 5.09. The van der Waals surface area contributed by atoms with Crippen LogP contribution >= 0.6 is 0 Å². The van der Waals surface area contributed by atoms with Gasteiger partial charge in [0.15, 0.2) is 0 Å². The van der Waals surface area contributed by atoms with Crippen molar-refractivity contribution in [1.82, 2.24) is 4.31 Å². The Morgan fingerprint density at radius 2 is 1.76 bits per heavy atom. The van der Waals surface area contributed by atoms with Gasteiger partial charge in [-0.3, -0.25) is 0 Å². The highest BCUT2D eigenvalue weighted by molar-refractivity contribution is 7.89. The Morgan fingerprint density at radius 3 is 2.55 bits per heavy atom. The summed E-state index contributed by atoms with van der Waals surface area (Å²) in [6, 6.07) is 24.1. The molecule has 1 aliphatic rings. The van der Waals surface area contributed by atoms with E-state index in [1.54, 1.807) is 24.3 Å². The van der Waals surface area contributed by atoms with E-state index in [4.69, 9.17) is 4.74 Å². The van der Waals surface area contributed by atoms with Gasteiger partial charge in [-0.2, -0.15) is 4.31 Å². The van der Waals surface area contributed by atoms with Crippen molar-refractivity contribution < 1.29 is 13.2 Å². The summed E-state index contributed by atoms with van der Waals surface area (Å²) in [6.45, 7) is 4.31. The summed E-state index contributed by atoms with van der Waals surface area (Å²) in [4.78, 5) is 0.284. The molecule has 29 heavy (non-hydrogen) atoms. The number of rotatable bonds is 6. The Balaban J connectivity index is 1.78. The monoisotopic (exact) mass is 406 g/mol. The molecule has 0 unspecified atom stereocenters. The molecule has 3 aromatic carbocycles. The smallest absolute Gasteiger partial charge is 0.247 e. The molecule has 0 aliphatic carbocycles. The Bertz CT molecular complexity index is 1110. The number of benzene rings is 3. The summed E-state index contributed by atoms with van der Waals surface area (Å²) in [5.41, 5.74) is 2.32. The number of sulfonamides is 1. The highest BCUT2D eigenvalue weighted by Gasteiger charge is 2.38. The summed E-state index contributed by atoms with van der Waals surface area (Å²) in [5.74, 6) is 0.667. The van der Waals surface area contributed by atoms with Crippen LogP contribution in [0.25, 0.3) is 0 Å². The first kappa shape index (κ1) is 19.2. The molecular formula is C23H22N2O3S. The molecule has 6 heteroatoms. The maximum atomic E-state index is 13.5. The van der Waals surface area contributed by atoms with Crippen LogP contribution in [0.1, 0.15) is 17.3 Å². The van der Waals surface area contributed by atoms with Crippen LogP contribution < -0.4 is 10.1 Å². The van der Waals surface area contributed by atoms with Gasteiger partial charge in [0.25, 0.3) is 0 Å². The topological polar surface area (TPSA) is 58.6 Å². The van der Waals surface area contributed by atoms with E-state index in [0.717, 1.165) is 11.1 Å². The quantitative estimate of drug-likeness (QED) is 0.610. The van der Waals surface area contributed by atoms with Gasteiger partial charge in [-0.15, -0.1) is 0 Å². The summed E-state index contributed by atoms with van der Waals surface area (Å²) in [6.07, 6.45) is 1.12. The van der Waals surface area contributed by atoms with E-state index in [2.05, 4.69) is 11.9 Å². The molecule has 0 bridgehead atoms. The zero-order valence-electron chi connectivity index (χ0n) is 15.9. The first-order chi connectivity index (χ1) is 14.1. The standard InChI is InChI=1S/C23H22N2O3S/c1-2-15-28-20-12-8-11-19(16-20)23-24-21-13-6-7-14-22(21)29(26,27)25(23)17-18-9-4-3-5-10-18/h2-14,16,23-24H,1,15,17H2/t23-/m0/s1. The lowest BCUT2D eigenvalue weighted by Gasteiger charge is -2.37. The van der Waals surface area contributed by atoms with Crippen LogP contribution in [0, 0.1) is 0 Å². The third-order valence-electron chi connectivity index (χ3n) is 4.78. The molecule has 0 amide bonds. The second-order valence-electron chi connectivity index (χ2n) is 6.75. The van der Waals surface area contributed by atoms with Crippen molar-refractivity contribution in [3.05, 3.63) is 103 Å².